The fraction of sp³-hybridized carbons (Fsp3) is 0.917. The quantitative estimate of drug-likeness (QED) is 0.686. The molecule has 1 unspecified atom stereocenters. The van der Waals surface area contributed by atoms with Crippen LogP contribution in [0, 0.1) is 5.92 Å². The predicted octanol–water partition coefficient (Wildman–Crippen LogP) is 1.81. The normalized spacial score (nSPS) is 26.1. The first kappa shape index (κ1) is 13.3. The molecule has 1 fully saturated rings. The zero-order valence-corrected chi connectivity index (χ0v) is 10.7. The van der Waals surface area contributed by atoms with Crippen LogP contribution in [0.4, 0.5) is 4.79 Å². The minimum absolute atomic E-state index is 0.178. The smallest absolute Gasteiger partial charge is 0.409 e. The molecule has 1 aliphatic heterocycles. The zero-order valence-electron chi connectivity index (χ0n) is 10.7. The number of nitrogens with zero attached hydrogens (tertiary/aromatic N) is 2. The molecule has 0 saturated carbocycles. The van der Waals surface area contributed by atoms with E-state index in [4.69, 9.17) is 4.74 Å². The van der Waals surface area contributed by atoms with E-state index in [1.54, 1.807) is 4.90 Å². The molecule has 0 spiro atoms. The maximum atomic E-state index is 11.6. The van der Waals surface area contributed by atoms with Gasteiger partial charge in [-0.2, -0.15) is 0 Å². The van der Waals surface area contributed by atoms with Gasteiger partial charge >= 0.3 is 6.09 Å². The Morgan fingerprint density at radius 1 is 1.31 bits per heavy atom. The van der Waals surface area contributed by atoms with Gasteiger partial charge in [-0.05, 0) is 32.4 Å². The van der Waals surface area contributed by atoms with Crippen LogP contribution in [0.5, 0.6) is 0 Å². The molecule has 0 radical (unpaired) electrons. The first-order valence-corrected chi connectivity index (χ1v) is 6.20. The summed E-state index contributed by atoms with van der Waals surface area (Å²) in [4.78, 5) is 15.6. The van der Waals surface area contributed by atoms with E-state index in [2.05, 4.69) is 18.9 Å². The fourth-order valence-electron chi connectivity index (χ4n) is 2.06. The maximum Gasteiger partial charge on any atom is 0.409 e. The van der Waals surface area contributed by atoms with Gasteiger partial charge in [0.2, 0.25) is 0 Å². The highest BCUT2D eigenvalue weighted by Gasteiger charge is 2.17. The van der Waals surface area contributed by atoms with E-state index >= 15 is 0 Å². The van der Waals surface area contributed by atoms with Gasteiger partial charge in [-0.3, -0.25) is 0 Å². The Bertz CT molecular complexity index is 221. The third kappa shape index (κ3) is 4.39. The standard InChI is InChI=1S/C12H24N2O2/c1-4-11-9-13(2)7-5-6-8-16-12(15)14(3)10-11/h11H,4-10H2,1-3H3. The number of carbonyl (C=O) groups excluding carboxylic acids is 1. The second kappa shape index (κ2) is 6.74. The molecular formula is C12H24N2O2. The highest BCUT2D eigenvalue weighted by molar-refractivity contribution is 5.67. The van der Waals surface area contributed by atoms with E-state index < -0.39 is 0 Å². The molecule has 16 heavy (non-hydrogen) atoms. The lowest BCUT2D eigenvalue weighted by molar-refractivity contribution is 0.105. The summed E-state index contributed by atoms with van der Waals surface area (Å²) in [6, 6.07) is 0. The second-order valence-corrected chi connectivity index (χ2v) is 4.74. The van der Waals surface area contributed by atoms with Crippen molar-refractivity contribution in [3.63, 3.8) is 0 Å². The lowest BCUT2D eigenvalue weighted by Crippen LogP contribution is -2.36. The molecule has 0 aromatic heterocycles. The maximum absolute atomic E-state index is 11.6. The number of cyclic esters (lactones) is 1. The summed E-state index contributed by atoms with van der Waals surface area (Å²) in [5, 5.41) is 0. The van der Waals surface area contributed by atoms with Crippen molar-refractivity contribution < 1.29 is 9.53 Å². The van der Waals surface area contributed by atoms with Gasteiger partial charge < -0.3 is 14.5 Å². The summed E-state index contributed by atoms with van der Waals surface area (Å²) in [6.07, 6.45) is 2.98. The van der Waals surface area contributed by atoms with Gasteiger partial charge in [0.05, 0.1) is 6.61 Å². The van der Waals surface area contributed by atoms with Gasteiger partial charge in [0.15, 0.2) is 0 Å². The Kier molecular flexibility index (Phi) is 5.60. The Morgan fingerprint density at radius 2 is 2.06 bits per heavy atom. The van der Waals surface area contributed by atoms with Gasteiger partial charge in [0.25, 0.3) is 0 Å². The van der Waals surface area contributed by atoms with Crippen molar-refractivity contribution >= 4 is 6.09 Å². The van der Waals surface area contributed by atoms with E-state index in [1.165, 1.54) is 0 Å². The first-order chi connectivity index (χ1) is 7.63. The van der Waals surface area contributed by atoms with E-state index in [0.29, 0.717) is 12.5 Å². The Labute approximate surface area is 98.5 Å². The number of amides is 1. The van der Waals surface area contributed by atoms with Crippen molar-refractivity contribution in [2.75, 3.05) is 40.3 Å². The third-order valence-electron chi connectivity index (χ3n) is 3.15. The molecule has 0 aliphatic carbocycles. The topological polar surface area (TPSA) is 32.8 Å². The highest BCUT2D eigenvalue weighted by Crippen LogP contribution is 2.10. The van der Waals surface area contributed by atoms with Crippen molar-refractivity contribution in [3.8, 4) is 0 Å². The minimum Gasteiger partial charge on any atom is -0.449 e. The number of hydrogen-bond acceptors (Lipinski definition) is 3. The molecule has 0 aromatic rings. The third-order valence-corrected chi connectivity index (χ3v) is 3.15. The van der Waals surface area contributed by atoms with Crippen LogP contribution < -0.4 is 0 Å². The van der Waals surface area contributed by atoms with E-state index in [9.17, 15) is 4.79 Å². The second-order valence-electron chi connectivity index (χ2n) is 4.74. The van der Waals surface area contributed by atoms with E-state index in [1.807, 2.05) is 7.05 Å². The van der Waals surface area contributed by atoms with E-state index in [-0.39, 0.29) is 6.09 Å². The summed E-state index contributed by atoms with van der Waals surface area (Å²) in [5.41, 5.74) is 0. The highest BCUT2D eigenvalue weighted by atomic mass is 16.6. The summed E-state index contributed by atoms with van der Waals surface area (Å²) in [6.45, 7) is 5.68. The molecule has 94 valence electrons. The zero-order chi connectivity index (χ0) is 12.0. The Balaban J connectivity index is 2.56. The van der Waals surface area contributed by atoms with Crippen LogP contribution in [0.25, 0.3) is 0 Å². The number of hydrogen-bond donors (Lipinski definition) is 0. The molecule has 1 rings (SSSR count). The monoisotopic (exact) mass is 228 g/mol. The summed E-state index contributed by atoms with van der Waals surface area (Å²) in [5.74, 6) is 0.542. The summed E-state index contributed by atoms with van der Waals surface area (Å²) < 4.78 is 5.18. The van der Waals surface area contributed by atoms with Crippen molar-refractivity contribution in [1.29, 1.82) is 0 Å². The lowest BCUT2D eigenvalue weighted by atomic mass is 10.1. The van der Waals surface area contributed by atoms with Gasteiger partial charge in [0.1, 0.15) is 0 Å². The largest absolute Gasteiger partial charge is 0.449 e. The molecule has 0 N–H and O–H groups in total. The van der Waals surface area contributed by atoms with Crippen molar-refractivity contribution in [2.24, 2.45) is 5.92 Å². The molecule has 4 nitrogen and oxygen atoms in total. The molecule has 4 heteroatoms. The predicted molar refractivity (Wildman–Crippen MR) is 64.5 cm³/mol. The lowest BCUT2D eigenvalue weighted by Gasteiger charge is -2.25. The average Bonchev–Trinajstić information content (AvgIpc) is 2.28. The van der Waals surface area contributed by atoms with Crippen LogP contribution in [0.2, 0.25) is 0 Å². The van der Waals surface area contributed by atoms with Crippen LogP contribution in [-0.2, 0) is 4.74 Å². The van der Waals surface area contributed by atoms with E-state index in [0.717, 1.165) is 38.9 Å². The van der Waals surface area contributed by atoms with Crippen molar-refractivity contribution in [1.82, 2.24) is 9.80 Å². The van der Waals surface area contributed by atoms with Gasteiger partial charge in [-0.15, -0.1) is 0 Å². The number of ether oxygens (including phenoxy) is 1. The summed E-state index contributed by atoms with van der Waals surface area (Å²) >= 11 is 0. The van der Waals surface area contributed by atoms with Crippen molar-refractivity contribution in [3.05, 3.63) is 0 Å². The Morgan fingerprint density at radius 3 is 2.75 bits per heavy atom. The van der Waals surface area contributed by atoms with Crippen LogP contribution in [-0.4, -0.2) is 56.2 Å². The Hall–Kier alpha value is -0.770. The molecule has 1 atom stereocenters. The SMILES string of the molecule is CCC1CN(C)CCCCOC(=O)N(C)C1. The van der Waals surface area contributed by atoms with Gasteiger partial charge in [-0.1, -0.05) is 13.3 Å². The number of carbonyl (C=O) groups is 1. The average molecular weight is 228 g/mol. The van der Waals surface area contributed by atoms with Crippen LogP contribution in [0.1, 0.15) is 26.2 Å². The van der Waals surface area contributed by atoms with Crippen LogP contribution in [0.3, 0.4) is 0 Å². The molecule has 1 heterocycles. The summed E-state index contributed by atoms with van der Waals surface area (Å²) in [7, 11) is 3.98. The molecule has 0 aromatic carbocycles. The van der Waals surface area contributed by atoms with Gasteiger partial charge in [-0.25, -0.2) is 4.79 Å². The van der Waals surface area contributed by atoms with Crippen molar-refractivity contribution in [2.45, 2.75) is 26.2 Å². The molecule has 1 aliphatic rings. The van der Waals surface area contributed by atoms with Crippen LogP contribution >= 0.6 is 0 Å². The first-order valence-electron chi connectivity index (χ1n) is 6.20. The fourth-order valence-corrected chi connectivity index (χ4v) is 2.06. The minimum atomic E-state index is -0.178. The molecule has 1 saturated heterocycles. The van der Waals surface area contributed by atoms with Crippen LogP contribution in [0.15, 0.2) is 0 Å². The molecule has 0 bridgehead atoms. The molecule has 1 amide bonds. The molecular weight excluding hydrogens is 204 g/mol. The van der Waals surface area contributed by atoms with Gasteiger partial charge in [0, 0.05) is 20.1 Å². The number of rotatable bonds is 1.